The van der Waals surface area contributed by atoms with Gasteiger partial charge in [-0.15, -0.1) is 0 Å². The largest absolute Gasteiger partial charge is 0.396 e. The molecule has 0 aliphatic carbocycles. The first-order valence-electron chi connectivity index (χ1n) is 6.91. The lowest BCUT2D eigenvalue weighted by atomic mass is 9.96. The molecule has 4 heteroatoms. The maximum Gasteiger partial charge on any atom is 0.317 e. The Morgan fingerprint density at radius 1 is 1.26 bits per heavy atom. The van der Waals surface area contributed by atoms with E-state index in [1.807, 2.05) is 44.2 Å². The first-order chi connectivity index (χ1) is 9.22. The minimum absolute atomic E-state index is 0.0381. The van der Waals surface area contributed by atoms with Gasteiger partial charge in [0.1, 0.15) is 0 Å². The average molecular weight is 264 g/mol. The summed E-state index contributed by atoms with van der Waals surface area (Å²) in [6.07, 6.45) is 0.655. The Kier molecular flexibility index (Phi) is 6.97. The van der Waals surface area contributed by atoms with E-state index in [1.54, 1.807) is 4.90 Å². The normalized spacial score (nSPS) is 11.9. The lowest BCUT2D eigenvalue weighted by Crippen LogP contribution is -2.41. The van der Waals surface area contributed by atoms with Crippen LogP contribution in [0.4, 0.5) is 4.79 Å². The second kappa shape index (κ2) is 8.53. The van der Waals surface area contributed by atoms with Crippen molar-refractivity contribution in [1.82, 2.24) is 10.2 Å². The molecule has 1 unspecified atom stereocenters. The van der Waals surface area contributed by atoms with Crippen molar-refractivity contribution in [1.29, 1.82) is 0 Å². The summed E-state index contributed by atoms with van der Waals surface area (Å²) < 4.78 is 0. The van der Waals surface area contributed by atoms with Gasteiger partial charge in [0.15, 0.2) is 0 Å². The molecule has 0 saturated carbocycles. The Hall–Kier alpha value is -1.55. The van der Waals surface area contributed by atoms with E-state index in [2.05, 4.69) is 5.32 Å². The number of aliphatic hydroxyl groups is 1. The number of carbonyl (C=O) groups is 1. The summed E-state index contributed by atoms with van der Waals surface area (Å²) in [4.78, 5) is 13.6. The highest BCUT2D eigenvalue weighted by Crippen LogP contribution is 2.18. The highest BCUT2D eigenvalue weighted by Gasteiger charge is 2.14. The molecule has 0 aliphatic rings. The molecule has 0 aliphatic heterocycles. The second-order valence-corrected chi connectivity index (χ2v) is 4.48. The number of nitrogens with zero attached hydrogens (tertiary/aromatic N) is 1. The van der Waals surface area contributed by atoms with Gasteiger partial charge in [-0.25, -0.2) is 4.79 Å². The molecule has 0 fully saturated rings. The Balaban J connectivity index is 2.58. The molecule has 4 nitrogen and oxygen atoms in total. The summed E-state index contributed by atoms with van der Waals surface area (Å²) >= 11 is 0. The van der Waals surface area contributed by atoms with Crippen LogP contribution in [-0.4, -0.2) is 42.3 Å². The van der Waals surface area contributed by atoms with Crippen molar-refractivity contribution in [3.8, 4) is 0 Å². The van der Waals surface area contributed by atoms with Gasteiger partial charge < -0.3 is 15.3 Å². The highest BCUT2D eigenvalue weighted by atomic mass is 16.3. The molecule has 1 aromatic rings. The van der Waals surface area contributed by atoms with Crippen LogP contribution in [0.25, 0.3) is 0 Å². The van der Waals surface area contributed by atoms with Gasteiger partial charge >= 0.3 is 6.03 Å². The molecule has 2 N–H and O–H groups in total. The third-order valence-electron chi connectivity index (χ3n) is 3.30. The van der Waals surface area contributed by atoms with Gasteiger partial charge in [-0.05, 0) is 25.8 Å². The molecule has 19 heavy (non-hydrogen) atoms. The van der Waals surface area contributed by atoms with Crippen molar-refractivity contribution in [3.05, 3.63) is 35.9 Å². The highest BCUT2D eigenvalue weighted by molar-refractivity contribution is 5.74. The lowest BCUT2D eigenvalue weighted by Gasteiger charge is -2.22. The second-order valence-electron chi connectivity index (χ2n) is 4.48. The van der Waals surface area contributed by atoms with E-state index in [-0.39, 0.29) is 18.6 Å². The summed E-state index contributed by atoms with van der Waals surface area (Å²) in [5, 5.41) is 12.1. The van der Waals surface area contributed by atoms with Crippen LogP contribution in [0.3, 0.4) is 0 Å². The van der Waals surface area contributed by atoms with Crippen LogP contribution in [0.1, 0.15) is 31.7 Å². The predicted molar refractivity (Wildman–Crippen MR) is 77.2 cm³/mol. The lowest BCUT2D eigenvalue weighted by molar-refractivity contribution is 0.201. The standard InChI is InChI=1S/C15H24N2O2/c1-3-17(4-2)15(19)16-12-14(10-11-18)13-8-6-5-7-9-13/h5-9,14,18H,3-4,10-12H2,1-2H3,(H,16,19). The molecular formula is C15H24N2O2. The van der Waals surface area contributed by atoms with Crippen molar-refractivity contribution in [3.63, 3.8) is 0 Å². The zero-order valence-electron chi connectivity index (χ0n) is 11.8. The van der Waals surface area contributed by atoms with Crippen molar-refractivity contribution in [2.75, 3.05) is 26.2 Å². The van der Waals surface area contributed by atoms with Gasteiger partial charge in [0, 0.05) is 32.2 Å². The van der Waals surface area contributed by atoms with Gasteiger partial charge in [0.2, 0.25) is 0 Å². The van der Waals surface area contributed by atoms with Gasteiger partial charge in [0.05, 0.1) is 0 Å². The molecule has 1 atom stereocenters. The molecule has 0 heterocycles. The maximum atomic E-state index is 11.9. The molecule has 0 bridgehead atoms. The number of amides is 2. The fourth-order valence-electron chi connectivity index (χ4n) is 2.10. The van der Waals surface area contributed by atoms with Crippen LogP contribution in [-0.2, 0) is 0 Å². The van der Waals surface area contributed by atoms with Crippen LogP contribution in [0.2, 0.25) is 0 Å². The maximum absolute atomic E-state index is 11.9. The summed E-state index contributed by atoms with van der Waals surface area (Å²) in [5.41, 5.74) is 1.15. The van der Waals surface area contributed by atoms with Gasteiger partial charge in [-0.3, -0.25) is 0 Å². The summed E-state index contributed by atoms with van der Waals surface area (Å²) in [6, 6.07) is 9.95. The van der Waals surface area contributed by atoms with Crippen LogP contribution >= 0.6 is 0 Å². The zero-order chi connectivity index (χ0) is 14.1. The van der Waals surface area contributed by atoms with Gasteiger partial charge in [-0.2, -0.15) is 0 Å². The molecule has 0 spiro atoms. The number of rotatable bonds is 7. The van der Waals surface area contributed by atoms with Crippen molar-refractivity contribution < 1.29 is 9.90 Å². The number of aliphatic hydroxyl groups excluding tert-OH is 1. The average Bonchev–Trinajstić information content (AvgIpc) is 2.45. The van der Waals surface area contributed by atoms with E-state index >= 15 is 0 Å². The summed E-state index contributed by atoms with van der Waals surface area (Å²) in [5.74, 6) is 0.158. The molecule has 106 valence electrons. The number of benzene rings is 1. The van der Waals surface area contributed by atoms with Crippen LogP contribution < -0.4 is 5.32 Å². The molecular weight excluding hydrogens is 240 g/mol. The summed E-state index contributed by atoms with van der Waals surface area (Å²) in [6.45, 7) is 6.02. The molecule has 0 aromatic heterocycles. The first-order valence-corrected chi connectivity index (χ1v) is 6.91. The van der Waals surface area contributed by atoms with Crippen molar-refractivity contribution >= 4 is 6.03 Å². The Morgan fingerprint density at radius 2 is 1.89 bits per heavy atom. The van der Waals surface area contributed by atoms with E-state index in [0.717, 1.165) is 5.56 Å². The molecule has 2 amide bonds. The molecule has 0 saturated heterocycles. The van der Waals surface area contributed by atoms with Crippen LogP contribution in [0.5, 0.6) is 0 Å². The van der Waals surface area contributed by atoms with E-state index in [0.29, 0.717) is 26.1 Å². The number of carbonyl (C=O) groups excluding carboxylic acids is 1. The zero-order valence-corrected chi connectivity index (χ0v) is 11.8. The molecule has 1 rings (SSSR count). The number of hydrogen-bond acceptors (Lipinski definition) is 2. The molecule has 1 aromatic carbocycles. The third-order valence-corrected chi connectivity index (χ3v) is 3.30. The Morgan fingerprint density at radius 3 is 2.42 bits per heavy atom. The van der Waals surface area contributed by atoms with E-state index in [9.17, 15) is 4.79 Å². The topological polar surface area (TPSA) is 52.6 Å². The van der Waals surface area contributed by atoms with Crippen LogP contribution in [0.15, 0.2) is 30.3 Å². The minimum atomic E-state index is -0.0381. The van der Waals surface area contributed by atoms with Gasteiger partial charge in [0.25, 0.3) is 0 Å². The minimum Gasteiger partial charge on any atom is -0.396 e. The molecule has 0 radical (unpaired) electrons. The van der Waals surface area contributed by atoms with Crippen LogP contribution in [0, 0.1) is 0 Å². The smallest absolute Gasteiger partial charge is 0.317 e. The van der Waals surface area contributed by atoms with Crippen molar-refractivity contribution in [2.45, 2.75) is 26.2 Å². The number of urea groups is 1. The number of hydrogen-bond donors (Lipinski definition) is 2. The Bertz CT molecular complexity index is 364. The quantitative estimate of drug-likeness (QED) is 0.793. The number of nitrogens with one attached hydrogen (secondary N) is 1. The van der Waals surface area contributed by atoms with Gasteiger partial charge in [-0.1, -0.05) is 30.3 Å². The summed E-state index contributed by atoms with van der Waals surface area (Å²) in [7, 11) is 0. The van der Waals surface area contributed by atoms with E-state index in [1.165, 1.54) is 0 Å². The Labute approximate surface area is 115 Å². The predicted octanol–water partition coefficient (Wildman–Crippen LogP) is 2.20. The fraction of sp³-hybridized carbons (Fsp3) is 0.533. The SMILES string of the molecule is CCN(CC)C(=O)NCC(CCO)c1ccccc1. The third kappa shape index (κ3) is 4.91. The van der Waals surface area contributed by atoms with E-state index in [4.69, 9.17) is 5.11 Å². The first kappa shape index (κ1) is 15.5. The van der Waals surface area contributed by atoms with E-state index < -0.39 is 0 Å². The van der Waals surface area contributed by atoms with Crippen molar-refractivity contribution in [2.24, 2.45) is 0 Å². The fourth-order valence-corrected chi connectivity index (χ4v) is 2.10. The monoisotopic (exact) mass is 264 g/mol.